The van der Waals surface area contributed by atoms with Crippen molar-refractivity contribution in [2.45, 2.75) is 71.1 Å². The van der Waals surface area contributed by atoms with Crippen molar-refractivity contribution in [2.75, 3.05) is 13.7 Å². The molecule has 0 amide bonds. The van der Waals surface area contributed by atoms with Gasteiger partial charge in [0.05, 0.1) is 19.3 Å². The average Bonchev–Trinajstić information content (AvgIpc) is 2.59. The fraction of sp³-hybridized carbons (Fsp3) is 0.650. The highest BCUT2D eigenvalue weighted by Crippen LogP contribution is 2.15. The van der Waals surface area contributed by atoms with Crippen molar-refractivity contribution in [2.24, 2.45) is 0 Å². The largest absolute Gasteiger partial charge is 0.494 e. The molecule has 0 bridgehead atoms. The smallest absolute Gasteiger partial charge is 0.337 e. The van der Waals surface area contributed by atoms with E-state index in [2.05, 4.69) is 6.92 Å². The number of rotatable bonds is 13. The summed E-state index contributed by atoms with van der Waals surface area (Å²) < 4.78 is 10.4. The van der Waals surface area contributed by atoms with E-state index in [0.29, 0.717) is 12.2 Å². The van der Waals surface area contributed by atoms with E-state index < -0.39 is 0 Å². The molecule has 0 radical (unpaired) electrons. The molecule has 0 aromatic heterocycles. The number of benzene rings is 1. The molecule has 1 aromatic carbocycles. The molecule has 1 rings (SSSR count). The Labute approximate surface area is 141 Å². The number of ether oxygens (including phenoxy) is 2. The van der Waals surface area contributed by atoms with Gasteiger partial charge in [0.25, 0.3) is 0 Å². The number of hydrogen-bond acceptors (Lipinski definition) is 3. The summed E-state index contributed by atoms with van der Waals surface area (Å²) in [5.41, 5.74) is 0.535. The zero-order chi connectivity index (χ0) is 16.8. The average molecular weight is 320 g/mol. The summed E-state index contributed by atoms with van der Waals surface area (Å²) in [7, 11) is 1.39. The molecule has 0 fully saturated rings. The summed E-state index contributed by atoms with van der Waals surface area (Å²) in [6, 6.07) is 7.17. The van der Waals surface area contributed by atoms with Crippen LogP contribution >= 0.6 is 0 Å². The van der Waals surface area contributed by atoms with Crippen LogP contribution in [-0.2, 0) is 4.74 Å². The van der Waals surface area contributed by atoms with Crippen molar-refractivity contribution in [3.63, 3.8) is 0 Å². The van der Waals surface area contributed by atoms with Crippen LogP contribution in [0.3, 0.4) is 0 Å². The Kier molecular flexibility index (Phi) is 11.0. The van der Waals surface area contributed by atoms with Gasteiger partial charge in [-0.2, -0.15) is 0 Å². The number of esters is 1. The molecule has 0 saturated heterocycles. The predicted octanol–water partition coefficient (Wildman–Crippen LogP) is 5.77. The third-order valence-corrected chi connectivity index (χ3v) is 4.02. The summed E-state index contributed by atoms with van der Waals surface area (Å²) in [6.45, 7) is 2.97. The monoisotopic (exact) mass is 320 g/mol. The first kappa shape index (κ1) is 19.5. The van der Waals surface area contributed by atoms with Crippen molar-refractivity contribution in [3.05, 3.63) is 29.8 Å². The first-order valence-corrected chi connectivity index (χ1v) is 9.09. The van der Waals surface area contributed by atoms with Crippen molar-refractivity contribution in [3.8, 4) is 5.75 Å². The van der Waals surface area contributed by atoms with Gasteiger partial charge in [0.2, 0.25) is 0 Å². The van der Waals surface area contributed by atoms with Gasteiger partial charge in [0.15, 0.2) is 0 Å². The molecule has 23 heavy (non-hydrogen) atoms. The third kappa shape index (κ3) is 9.27. The molecule has 0 heterocycles. The fourth-order valence-electron chi connectivity index (χ4n) is 2.61. The minimum atomic E-state index is -0.325. The molecule has 0 spiro atoms. The van der Waals surface area contributed by atoms with Gasteiger partial charge in [0, 0.05) is 0 Å². The van der Waals surface area contributed by atoms with Crippen molar-refractivity contribution in [1.82, 2.24) is 0 Å². The number of hydrogen-bond donors (Lipinski definition) is 0. The Morgan fingerprint density at radius 2 is 1.52 bits per heavy atom. The minimum absolute atomic E-state index is 0.325. The van der Waals surface area contributed by atoms with Crippen LogP contribution in [0.5, 0.6) is 5.75 Å². The maximum Gasteiger partial charge on any atom is 0.337 e. The van der Waals surface area contributed by atoms with E-state index in [1.807, 2.05) is 12.1 Å². The van der Waals surface area contributed by atoms with E-state index in [0.717, 1.165) is 12.2 Å². The molecule has 0 aliphatic rings. The van der Waals surface area contributed by atoms with Gasteiger partial charge < -0.3 is 9.47 Å². The van der Waals surface area contributed by atoms with Crippen LogP contribution in [0.25, 0.3) is 0 Å². The second kappa shape index (κ2) is 13.0. The minimum Gasteiger partial charge on any atom is -0.494 e. The second-order valence-corrected chi connectivity index (χ2v) is 6.05. The van der Waals surface area contributed by atoms with E-state index in [-0.39, 0.29) is 5.97 Å². The second-order valence-electron chi connectivity index (χ2n) is 6.05. The predicted molar refractivity (Wildman–Crippen MR) is 95.1 cm³/mol. The highest BCUT2D eigenvalue weighted by atomic mass is 16.5. The van der Waals surface area contributed by atoms with E-state index >= 15 is 0 Å². The van der Waals surface area contributed by atoms with E-state index in [1.165, 1.54) is 64.9 Å². The SMILES string of the molecule is CCCCCCCCCCCCOc1cccc(C(=O)OC)c1. The van der Waals surface area contributed by atoms with Crippen LogP contribution in [0.1, 0.15) is 81.5 Å². The zero-order valence-corrected chi connectivity index (χ0v) is 14.8. The lowest BCUT2D eigenvalue weighted by atomic mass is 10.1. The summed E-state index contributed by atoms with van der Waals surface area (Å²) in [5.74, 6) is 0.415. The van der Waals surface area contributed by atoms with Gasteiger partial charge in [-0.05, 0) is 24.6 Å². The Bertz CT molecular complexity index is 429. The van der Waals surface area contributed by atoms with E-state index in [4.69, 9.17) is 9.47 Å². The Hall–Kier alpha value is -1.51. The first-order chi connectivity index (χ1) is 11.3. The summed E-state index contributed by atoms with van der Waals surface area (Å²) in [6.07, 6.45) is 13.2. The van der Waals surface area contributed by atoms with Gasteiger partial charge in [-0.3, -0.25) is 0 Å². The van der Waals surface area contributed by atoms with Gasteiger partial charge in [-0.25, -0.2) is 4.79 Å². The van der Waals surface area contributed by atoms with Crippen molar-refractivity contribution < 1.29 is 14.3 Å². The molecule has 3 heteroatoms. The molecule has 0 aliphatic heterocycles. The molecule has 0 aliphatic carbocycles. The molecule has 0 unspecified atom stereocenters. The van der Waals surface area contributed by atoms with Crippen LogP contribution in [0.15, 0.2) is 24.3 Å². The Balaban J connectivity index is 2.02. The standard InChI is InChI=1S/C20H32O3/c1-3-4-5-6-7-8-9-10-11-12-16-23-19-15-13-14-18(17-19)20(21)22-2/h13-15,17H,3-12,16H2,1-2H3. The van der Waals surface area contributed by atoms with Gasteiger partial charge in [-0.1, -0.05) is 70.8 Å². The molecule has 0 atom stereocenters. The normalized spacial score (nSPS) is 10.5. The molecular weight excluding hydrogens is 288 g/mol. The van der Waals surface area contributed by atoms with Crippen LogP contribution < -0.4 is 4.74 Å². The molecule has 3 nitrogen and oxygen atoms in total. The lowest BCUT2D eigenvalue weighted by Gasteiger charge is -2.07. The summed E-state index contributed by atoms with van der Waals surface area (Å²) in [5, 5.41) is 0. The zero-order valence-electron chi connectivity index (χ0n) is 14.8. The number of carbonyl (C=O) groups is 1. The lowest BCUT2D eigenvalue weighted by Crippen LogP contribution is -2.02. The highest BCUT2D eigenvalue weighted by molar-refractivity contribution is 5.89. The van der Waals surface area contributed by atoms with Crippen LogP contribution in [0.2, 0.25) is 0 Å². The van der Waals surface area contributed by atoms with Crippen molar-refractivity contribution in [1.29, 1.82) is 0 Å². The topological polar surface area (TPSA) is 35.5 Å². The number of carbonyl (C=O) groups excluding carboxylic acids is 1. The number of unbranched alkanes of at least 4 members (excludes halogenated alkanes) is 9. The van der Waals surface area contributed by atoms with E-state index in [9.17, 15) is 4.79 Å². The van der Waals surface area contributed by atoms with Gasteiger partial charge in [-0.15, -0.1) is 0 Å². The maximum absolute atomic E-state index is 11.4. The highest BCUT2D eigenvalue weighted by Gasteiger charge is 2.05. The fourth-order valence-corrected chi connectivity index (χ4v) is 2.61. The Morgan fingerprint density at radius 3 is 2.13 bits per heavy atom. The molecule has 1 aromatic rings. The third-order valence-electron chi connectivity index (χ3n) is 4.02. The molecule has 0 N–H and O–H groups in total. The quantitative estimate of drug-likeness (QED) is 0.342. The summed E-state index contributed by atoms with van der Waals surface area (Å²) >= 11 is 0. The molecular formula is C20H32O3. The molecule has 0 saturated carbocycles. The van der Waals surface area contributed by atoms with Gasteiger partial charge >= 0.3 is 5.97 Å². The molecule has 130 valence electrons. The lowest BCUT2D eigenvalue weighted by molar-refractivity contribution is 0.0600. The Morgan fingerprint density at radius 1 is 0.913 bits per heavy atom. The van der Waals surface area contributed by atoms with Crippen molar-refractivity contribution >= 4 is 5.97 Å². The van der Waals surface area contributed by atoms with Gasteiger partial charge in [0.1, 0.15) is 5.75 Å². The van der Waals surface area contributed by atoms with Crippen LogP contribution in [0, 0.1) is 0 Å². The maximum atomic E-state index is 11.4. The summed E-state index contributed by atoms with van der Waals surface area (Å²) in [4.78, 5) is 11.4. The van der Waals surface area contributed by atoms with E-state index in [1.54, 1.807) is 12.1 Å². The first-order valence-electron chi connectivity index (χ1n) is 9.09. The van der Waals surface area contributed by atoms with Crippen LogP contribution in [0.4, 0.5) is 0 Å². The van der Waals surface area contributed by atoms with Crippen LogP contribution in [-0.4, -0.2) is 19.7 Å². The number of methoxy groups -OCH3 is 1.